The fraction of sp³-hybridized carbons (Fsp3) is 0.333. The van der Waals surface area contributed by atoms with Crippen LogP contribution in [0.5, 0.6) is 11.5 Å². The lowest BCUT2D eigenvalue weighted by molar-refractivity contribution is 0.397. The molecule has 2 heteroatoms. The van der Waals surface area contributed by atoms with E-state index in [2.05, 4.69) is 13.5 Å². The van der Waals surface area contributed by atoms with Crippen molar-refractivity contribution in [1.82, 2.24) is 0 Å². The summed E-state index contributed by atoms with van der Waals surface area (Å²) in [6, 6.07) is 5.03. The van der Waals surface area contributed by atoms with Gasteiger partial charge in [0.1, 0.15) is 0 Å². The van der Waals surface area contributed by atoms with Gasteiger partial charge in [0.05, 0.1) is 0 Å². The second-order valence-corrected chi connectivity index (χ2v) is 3.35. The van der Waals surface area contributed by atoms with E-state index in [-0.39, 0.29) is 17.4 Å². The summed E-state index contributed by atoms with van der Waals surface area (Å²) in [7, 11) is 0. The minimum absolute atomic E-state index is 0.0224. The Morgan fingerprint density at radius 1 is 1.43 bits per heavy atom. The fourth-order valence-corrected chi connectivity index (χ4v) is 1.56. The number of phenols is 2. The minimum Gasteiger partial charge on any atom is -0.504 e. The predicted molar refractivity (Wildman–Crippen MR) is 57.6 cm³/mol. The molecule has 0 spiro atoms. The SMILES string of the molecule is C=C[C@H](CCC)c1cccc(O)c1O. The molecule has 0 bridgehead atoms. The predicted octanol–water partition coefficient (Wildman–Crippen LogP) is 3.17. The van der Waals surface area contributed by atoms with E-state index in [0.717, 1.165) is 18.4 Å². The molecule has 0 heterocycles. The highest BCUT2D eigenvalue weighted by atomic mass is 16.3. The lowest BCUT2D eigenvalue weighted by Gasteiger charge is -2.13. The first-order chi connectivity index (χ1) is 6.70. The number of allylic oxidation sites excluding steroid dienone is 1. The first-order valence-corrected chi connectivity index (χ1v) is 4.84. The molecule has 0 saturated carbocycles. The second kappa shape index (κ2) is 4.70. The van der Waals surface area contributed by atoms with Gasteiger partial charge in [-0.2, -0.15) is 0 Å². The number of rotatable bonds is 4. The molecule has 0 saturated heterocycles. The van der Waals surface area contributed by atoms with Crippen LogP contribution in [0.3, 0.4) is 0 Å². The van der Waals surface area contributed by atoms with Crippen LogP contribution in [0.2, 0.25) is 0 Å². The Bertz CT molecular complexity index is 318. The Labute approximate surface area is 84.5 Å². The molecule has 0 radical (unpaired) electrons. The fourth-order valence-electron chi connectivity index (χ4n) is 1.56. The molecule has 1 atom stereocenters. The van der Waals surface area contributed by atoms with Gasteiger partial charge in [-0.05, 0) is 12.5 Å². The Balaban J connectivity index is 3.03. The van der Waals surface area contributed by atoms with Crippen LogP contribution in [0.4, 0.5) is 0 Å². The molecule has 0 aliphatic rings. The molecule has 1 aromatic rings. The van der Waals surface area contributed by atoms with Gasteiger partial charge >= 0.3 is 0 Å². The van der Waals surface area contributed by atoms with E-state index in [9.17, 15) is 10.2 Å². The van der Waals surface area contributed by atoms with Crippen molar-refractivity contribution >= 4 is 0 Å². The van der Waals surface area contributed by atoms with E-state index in [1.54, 1.807) is 12.1 Å². The Morgan fingerprint density at radius 3 is 2.71 bits per heavy atom. The summed E-state index contributed by atoms with van der Waals surface area (Å²) < 4.78 is 0. The van der Waals surface area contributed by atoms with Crippen molar-refractivity contribution < 1.29 is 10.2 Å². The van der Waals surface area contributed by atoms with Gasteiger partial charge in [-0.3, -0.25) is 0 Å². The van der Waals surface area contributed by atoms with Gasteiger partial charge in [-0.15, -0.1) is 6.58 Å². The molecule has 2 nitrogen and oxygen atoms in total. The maximum Gasteiger partial charge on any atom is 0.161 e. The molecule has 0 aliphatic heterocycles. The highest BCUT2D eigenvalue weighted by molar-refractivity contribution is 5.47. The monoisotopic (exact) mass is 192 g/mol. The molecule has 0 amide bonds. The lowest BCUT2D eigenvalue weighted by atomic mass is 9.93. The normalized spacial score (nSPS) is 12.4. The Kier molecular flexibility index (Phi) is 3.57. The molecule has 0 unspecified atom stereocenters. The summed E-state index contributed by atoms with van der Waals surface area (Å²) in [4.78, 5) is 0. The third-order valence-corrected chi connectivity index (χ3v) is 2.33. The topological polar surface area (TPSA) is 40.5 Å². The van der Waals surface area contributed by atoms with Gasteiger partial charge in [0.2, 0.25) is 0 Å². The van der Waals surface area contributed by atoms with Crippen molar-refractivity contribution in [2.45, 2.75) is 25.7 Å². The summed E-state index contributed by atoms with van der Waals surface area (Å²) in [5.41, 5.74) is 0.752. The molecule has 0 aliphatic carbocycles. The summed E-state index contributed by atoms with van der Waals surface area (Å²) in [5.74, 6) is 0.0309. The average Bonchev–Trinajstić information content (AvgIpc) is 2.19. The first-order valence-electron chi connectivity index (χ1n) is 4.84. The van der Waals surface area contributed by atoms with E-state index in [0.29, 0.717) is 0 Å². The number of hydrogen-bond acceptors (Lipinski definition) is 2. The molecule has 0 fully saturated rings. The van der Waals surface area contributed by atoms with Crippen LogP contribution in [-0.2, 0) is 0 Å². The van der Waals surface area contributed by atoms with Crippen LogP contribution in [0.1, 0.15) is 31.2 Å². The Hall–Kier alpha value is -1.44. The molecule has 1 rings (SSSR count). The average molecular weight is 192 g/mol. The maximum atomic E-state index is 9.63. The summed E-state index contributed by atoms with van der Waals surface area (Å²) in [5, 5.41) is 19.0. The van der Waals surface area contributed by atoms with E-state index in [1.165, 1.54) is 6.07 Å². The third-order valence-electron chi connectivity index (χ3n) is 2.33. The third kappa shape index (κ3) is 2.08. The van der Waals surface area contributed by atoms with Gasteiger partial charge in [0.25, 0.3) is 0 Å². The van der Waals surface area contributed by atoms with Gasteiger partial charge in [-0.25, -0.2) is 0 Å². The van der Waals surface area contributed by atoms with Crippen molar-refractivity contribution in [2.75, 3.05) is 0 Å². The summed E-state index contributed by atoms with van der Waals surface area (Å²) in [6.07, 6.45) is 3.75. The number of phenolic OH excluding ortho intramolecular Hbond substituents is 2. The first kappa shape index (κ1) is 10.6. The highest BCUT2D eigenvalue weighted by Crippen LogP contribution is 2.35. The maximum absolute atomic E-state index is 9.63. The van der Waals surface area contributed by atoms with E-state index in [4.69, 9.17) is 0 Å². The van der Waals surface area contributed by atoms with Crippen LogP contribution in [-0.4, -0.2) is 10.2 Å². The van der Waals surface area contributed by atoms with Crippen molar-refractivity contribution in [3.8, 4) is 11.5 Å². The number of para-hydroxylation sites is 1. The van der Waals surface area contributed by atoms with Gasteiger partial charge < -0.3 is 10.2 Å². The van der Waals surface area contributed by atoms with Crippen LogP contribution < -0.4 is 0 Å². The van der Waals surface area contributed by atoms with Crippen LogP contribution in [0, 0.1) is 0 Å². The molecular formula is C12H16O2. The minimum atomic E-state index is -0.0644. The van der Waals surface area contributed by atoms with Crippen molar-refractivity contribution in [3.05, 3.63) is 36.4 Å². The molecule has 76 valence electrons. The molecular weight excluding hydrogens is 176 g/mol. The van der Waals surface area contributed by atoms with Crippen LogP contribution in [0.25, 0.3) is 0 Å². The van der Waals surface area contributed by atoms with E-state index in [1.807, 2.05) is 6.07 Å². The van der Waals surface area contributed by atoms with Crippen LogP contribution in [0.15, 0.2) is 30.9 Å². The van der Waals surface area contributed by atoms with Crippen molar-refractivity contribution in [3.63, 3.8) is 0 Å². The molecule has 14 heavy (non-hydrogen) atoms. The van der Waals surface area contributed by atoms with Gasteiger partial charge in [-0.1, -0.05) is 31.6 Å². The standard InChI is InChI=1S/C12H16O2/c1-3-6-9(4-2)10-7-5-8-11(13)12(10)14/h4-5,7-9,13-14H,2-3,6H2,1H3/t9-/m1/s1. The number of aromatic hydroxyl groups is 2. The molecule has 1 aromatic carbocycles. The summed E-state index contributed by atoms with van der Waals surface area (Å²) in [6.45, 7) is 5.81. The van der Waals surface area contributed by atoms with Crippen molar-refractivity contribution in [2.24, 2.45) is 0 Å². The van der Waals surface area contributed by atoms with Gasteiger partial charge in [0.15, 0.2) is 11.5 Å². The number of benzene rings is 1. The largest absolute Gasteiger partial charge is 0.504 e. The summed E-state index contributed by atoms with van der Waals surface area (Å²) >= 11 is 0. The van der Waals surface area contributed by atoms with E-state index < -0.39 is 0 Å². The molecule has 0 aromatic heterocycles. The quantitative estimate of drug-likeness (QED) is 0.568. The second-order valence-electron chi connectivity index (χ2n) is 3.35. The highest BCUT2D eigenvalue weighted by Gasteiger charge is 2.13. The smallest absolute Gasteiger partial charge is 0.161 e. The lowest BCUT2D eigenvalue weighted by Crippen LogP contribution is -1.94. The number of hydrogen-bond donors (Lipinski definition) is 2. The van der Waals surface area contributed by atoms with E-state index >= 15 is 0 Å². The molecule has 2 N–H and O–H groups in total. The zero-order chi connectivity index (χ0) is 10.6. The zero-order valence-electron chi connectivity index (χ0n) is 8.40. The van der Waals surface area contributed by atoms with Crippen molar-refractivity contribution in [1.29, 1.82) is 0 Å². The zero-order valence-corrected chi connectivity index (χ0v) is 8.40. The van der Waals surface area contributed by atoms with Gasteiger partial charge in [0, 0.05) is 11.5 Å². The Morgan fingerprint density at radius 2 is 2.14 bits per heavy atom. The van der Waals surface area contributed by atoms with Crippen LogP contribution >= 0.6 is 0 Å².